The summed E-state index contributed by atoms with van der Waals surface area (Å²) in [6, 6.07) is 0.561. The van der Waals surface area contributed by atoms with E-state index in [1.807, 2.05) is 13.1 Å². The molecular formula is C14H24N4O. The van der Waals surface area contributed by atoms with E-state index in [4.69, 9.17) is 4.74 Å². The SMILES string of the molecule is CCOc1cncc(N(CC)CC2CCCCN2)n1. The Hall–Kier alpha value is -1.36. The smallest absolute Gasteiger partial charge is 0.234 e. The fourth-order valence-corrected chi connectivity index (χ4v) is 2.44. The Bertz CT molecular complexity index is 379. The van der Waals surface area contributed by atoms with Crippen LogP contribution < -0.4 is 15.0 Å². The van der Waals surface area contributed by atoms with E-state index in [0.29, 0.717) is 18.5 Å². The van der Waals surface area contributed by atoms with Gasteiger partial charge in [-0.05, 0) is 33.2 Å². The van der Waals surface area contributed by atoms with Gasteiger partial charge in [0.25, 0.3) is 0 Å². The summed E-state index contributed by atoms with van der Waals surface area (Å²) in [7, 11) is 0. The van der Waals surface area contributed by atoms with Crippen LogP contribution in [0, 0.1) is 0 Å². The first-order valence-corrected chi connectivity index (χ1v) is 7.26. The summed E-state index contributed by atoms with van der Waals surface area (Å²) in [4.78, 5) is 11.0. The molecule has 1 aliphatic rings. The van der Waals surface area contributed by atoms with Gasteiger partial charge in [-0.25, -0.2) is 0 Å². The molecule has 1 aromatic rings. The van der Waals surface area contributed by atoms with Crippen molar-refractivity contribution in [3.8, 4) is 5.88 Å². The monoisotopic (exact) mass is 264 g/mol. The van der Waals surface area contributed by atoms with Crippen LogP contribution in [-0.2, 0) is 0 Å². The van der Waals surface area contributed by atoms with E-state index in [2.05, 4.69) is 27.1 Å². The number of nitrogens with zero attached hydrogens (tertiary/aromatic N) is 3. The summed E-state index contributed by atoms with van der Waals surface area (Å²) in [6.45, 7) is 7.78. The highest BCUT2D eigenvalue weighted by Crippen LogP contribution is 2.16. The molecule has 0 saturated carbocycles. The van der Waals surface area contributed by atoms with E-state index in [-0.39, 0.29) is 0 Å². The first-order chi connectivity index (χ1) is 9.33. The average Bonchev–Trinajstić information content (AvgIpc) is 2.46. The van der Waals surface area contributed by atoms with Gasteiger partial charge in [-0.1, -0.05) is 6.42 Å². The van der Waals surface area contributed by atoms with E-state index in [0.717, 1.165) is 25.5 Å². The molecule has 0 amide bonds. The maximum Gasteiger partial charge on any atom is 0.234 e. The highest BCUT2D eigenvalue weighted by atomic mass is 16.5. The molecule has 0 spiro atoms. The van der Waals surface area contributed by atoms with Crippen LogP contribution in [0.2, 0.25) is 0 Å². The largest absolute Gasteiger partial charge is 0.477 e. The molecule has 106 valence electrons. The zero-order chi connectivity index (χ0) is 13.5. The van der Waals surface area contributed by atoms with E-state index in [1.54, 1.807) is 6.20 Å². The van der Waals surface area contributed by atoms with Crippen molar-refractivity contribution in [3.05, 3.63) is 12.4 Å². The minimum atomic E-state index is 0.561. The molecule has 0 aromatic carbocycles. The standard InChI is InChI=1S/C14H24N4O/c1-3-18(11-12-7-5-6-8-16-12)13-9-15-10-14(17-13)19-4-2/h9-10,12,16H,3-8,11H2,1-2H3. The lowest BCUT2D eigenvalue weighted by atomic mass is 10.0. The molecule has 0 radical (unpaired) electrons. The molecule has 1 N–H and O–H groups in total. The van der Waals surface area contributed by atoms with Gasteiger partial charge in [-0.15, -0.1) is 0 Å². The Morgan fingerprint density at radius 2 is 2.26 bits per heavy atom. The number of ether oxygens (including phenoxy) is 1. The Morgan fingerprint density at radius 1 is 1.37 bits per heavy atom. The van der Waals surface area contributed by atoms with Crippen molar-refractivity contribution < 1.29 is 4.74 Å². The van der Waals surface area contributed by atoms with Gasteiger partial charge in [0, 0.05) is 19.1 Å². The Morgan fingerprint density at radius 3 is 2.95 bits per heavy atom. The Kier molecular flexibility index (Phi) is 5.39. The Balaban J connectivity index is 2.01. The normalized spacial score (nSPS) is 19.2. The first kappa shape index (κ1) is 14.1. The van der Waals surface area contributed by atoms with Crippen molar-refractivity contribution >= 4 is 5.82 Å². The number of hydrogen-bond acceptors (Lipinski definition) is 5. The predicted octanol–water partition coefficient (Wildman–Crippen LogP) is 1.84. The van der Waals surface area contributed by atoms with Crippen LogP contribution in [0.3, 0.4) is 0 Å². The molecule has 1 atom stereocenters. The summed E-state index contributed by atoms with van der Waals surface area (Å²) in [5.74, 6) is 1.51. The van der Waals surface area contributed by atoms with Crippen molar-refractivity contribution in [2.45, 2.75) is 39.2 Å². The number of nitrogens with one attached hydrogen (secondary N) is 1. The molecule has 1 aliphatic heterocycles. The molecular weight excluding hydrogens is 240 g/mol. The summed E-state index contributed by atoms with van der Waals surface area (Å²) < 4.78 is 5.42. The summed E-state index contributed by atoms with van der Waals surface area (Å²) >= 11 is 0. The van der Waals surface area contributed by atoms with Crippen LogP contribution in [0.4, 0.5) is 5.82 Å². The third-order valence-electron chi connectivity index (χ3n) is 3.45. The minimum Gasteiger partial charge on any atom is -0.477 e. The molecule has 5 nitrogen and oxygen atoms in total. The van der Waals surface area contributed by atoms with Crippen LogP contribution in [0.15, 0.2) is 12.4 Å². The quantitative estimate of drug-likeness (QED) is 0.849. The van der Waals surface area contributed by atoms with Gasteiger partial charge in [-0.3, -0.25) is 4.98 Å². The van der Waals surface area contributed by atoms with Crippen LogP contribution in [0.5, 0.6) is 5.88 Å². The van der Waals surface area contributed by atoms with Crippen molar-refractivity contribution in [2.24, 2.45) is 0 Å². The topological polar surface area (TPSA) is 50.3 Å². The van der Waals surface area contributed by atoms with E-state index in [9.17, 15) is 0 Å². The van der Waals surface area contributed by atoms with Gasteiger partial charge in [0.2, 0.25) is 5.88 Å². The molecule has 1 fully saturated rings. The molecule has 0 aliphatic carbocycles. The van der Waals surface area contributed by atoms with Gasteiger partial charge in [0.05, 0.1) is 19.0 Å². The van der Waals surface area contributed by atoms with Crippen LogP contribution >= 0.6 is 0 Å². The second-order valence-corrected chi connectivity index (χ2v) is 4.83. The maximum absolute atomic E-state index is 5.42. The highest BCUT2D eigenvalue weighted by molar-refractivity contribution is 5.37. The number of rotatable bonds is 6. The molecule has 2 rings (SSSR count). The van der Waals surface area contributed by atoms with Gasteiger partial charge >= 0.3 is 0 Å². The third-order valence-corrected chi connectivity index (χ3v) is 3.45. The van der Waals surface area contributed by atoms with Gasteiger partial charge in [0.15, 0.2) is 5.82 Å². The van der Waals surface area contributed by atoms with E-state index >= 15 is 0 Å². The first-order valence-electron chi connectivity index (χ1n) is 7.26. The van der Waals surface area contributed by atoms with Crippen molar-refractivity contribution in [1.82, 2.24) is 15.3 Å². The van der Waals surface area contributed by atoms with Crippen LogP contribution in [-0.4, -0.2) is 42.3 Å². The van der Waals surface area contributed by atoms with E-state index < -0.39 is 0 Å². The van der Waals surface area contributed by atoms with Crippen LogP contribution in [0.25, 0.3) is 0 Å². The number of anilines is 1. The maximum atomic E-state index is 5.42. The molecule has 2 heterocycles. The molecule has 5 heteroatoms. The summed E-state index contributed by atoms with van der Waals surface area (Å²) in [5, 5.41) is 3.57. The minimum absolute atomic E-state index is 0.561. The molecule has 1 saturated heterocycles. The number of piperidine rings is 1. The lowest BCUT2D eigenvalue weighted by molar-refractivity contribution is 0.325. The lowest BCUT2D eigenvalue weighted by Crippen LogP contribution is -2.44. The average molecular weight is 264 g/mol. The zero-order valence-electron chi connectivity index (χ0n) is 11.9. The molecule has 1 aromatic heterocycles. The van der Waals surface area contributed by atoms with Crippen molar-refractivity contribution in [2.75, 3.05) is 31.1 Å². The van der Waals surface area contributed by atoms with Gasteiger partial charge in [-0.2, -0.15) is 4.98 Å². The number of hydrogen-bond donors (Lipinski definition) is 1. The zero-order valence-corrected chi connectivity index (χ0v) is 11.9. The van der Waals surface area contributed by atoms with Gasteiger partial charge in [0.1, 0.15) is 0 Å². The number of aromatic nitrogens is 2. The fourth-order valence-electron chi connectivity index (χ4n) is 2.44. The summed E-state index contributed by atoms with van der Waals surface area (Å²) in [6.07, 6.45) is 7.34. The molecule has 1 unspecified atom stereocenters. The lowest BCUT2D eigenvalue weighted by Gasteiger charge is -2.30. The van der Waals surface area contributed by atoms with E-state index in [1.165, 1.54) is 19.3 Å². The number of likely N-dealkylation sites (N-methyl/N-ethyl adjacent to an activating group) is 1. The predicted molar refractivity (Wildman–Crippen MR) is 76.7 cm³/mol. The van der Waals surface area contributed by atoms with Crippen LogP contribution in [0.1, 0.15) is 33.1 Å². The van der Waals surface area contributed by atoms with Crippen molar-refractivity contribution in [3.63, 3.8) is 0 Å². The third kappa shape index (κ3) is 4.06. The fraction of sp³-hybridized carbons (Fsp3) is 0.714. The molecule has 0 bridgehead atoms. The molecule has 19 heavy (non-hydrogen) atoms. The summed E-state index contributed by atoms with van der Waals surface area (Å²) in [5.41, 5.74) is 0. The Labute approximate surface area is 115 Å². The highest BCUT2D eigenvalue weighted by Gasteiger charge is 2.17. The van der Waals surface area contributed by atoms with Gasteiger partial charge < -0.3 is 15.0 Å². The second kappa shape index (κ2) is 7.28. The second-order valence-electron chi connectivity index (χ2n) is 4.83. The van der Waals surface area contributed by atoms with Crippen molar-refractivity contribution in [1.29, 1.82) is 0 Å².